The fourth-order valence-corrected chi connectivity index (χ4v) is 0.799. The second-order valence-corrected chi connectivity index (χ2v) is 2.28. The van der Waals surface area contributed by atoms with Gasteiger partial charge in [-0.2, -0.15) is 0 Å². The average Bonchev–Trinajstić information content (AvgIpc) is 1.87. The summed E-state index contributed by atoms with van der Waals surface area (Å²) in [6, 6.07) is 0. The molecule has 0 aromatic carbocycles. The number of ether oxygens (including phenoxy) is 1. The maximum absolute atomic E-state index is 10.5. The van der Waals surface area contributed by atoms with E-state index in [0.29, 0.717) is 12.8 Å². The first-order chi connectivity index (χ1) is 5.20. The van der Waals surface area contributed by atoms with Crippen molar-refractivity contribution < 1.29 is 9.53 Å². The van der Waals surface area contributed by atoms with Crippen LogP contribution in [0.4, 0.5) is 0 Å². The summed E-state index contributed by atoms with van der Waals surface area (Å²) in [7, 11) is 0. The Kier molecular flexibility index (Phi) is 5.17. The molecule has 0 aliphatic rings. The van der Waals surface area contributed by atoms with Crippen molar-refractivity contribution in [3.05, 3.63) is 25.3 Å². The van der Waals surface area contributed by atoms with E-state index < -0.39 is 0 Å². The molecule has 11 heavy (non-hydrogen) atoms. The average molecular weight is 154 g/mol. The number of hydrogen-bond donors (Lipinski definition) is 0. The van der Waals surface area contributed by atoms with Gasteiger partial charge in [-0.1, -0.05) is 12.2 Å². The van der Waals surface area contributed by atoms with Crippen LogP contribution >= 0.6 is 0 Å². The van der Waals surface area contributed by atoms with Crippen LogP contribution < -0.4 is 0 Å². The zero-order chi connectivity index (χ0) is 8.69. The number of carbonyl (C=O) groups excluding carboxylic acids is 1. The van der Waals surface area contributed by atoms with Gasteiger partial charge < -0.3 is 4.74 Å². The molecule has 62 valence electrons. The Bertz CT molecular complexity index is 140. The van der Waals surface area contributed by atoms with Crippen LogP contribution in [0.3, 0.4) is 0 Å². The highest BCUT2D eigenvalue weighted by Crippen LogP contribution is 2.05. The van der Waals surface area contributed by atoms with Gasteiger partial charge >= 0.3 is 5.97 Å². The second kappa shape index (κ2) is 5.71. The summed E-state index contributed by atoms with van der Waals surface area (Å²) < 4.78 is 4.95. The van der Waals surface area contributed by atoms with Gasteiger partial charge in [-0.05, 0) is 0 Å². The quantitative estimate of drug-likeness (QED) is 0.447. The lowest BCUT2D eigenvalue weighted by molar-refractivity contribution is -0.145. The molecule has 0 aromatic heterocycles. The zero-order valence-electron chi connectivity index (χ0n) is 6.88. The first-order valence-electron chi connectivity index (χ1n) is 3.59. The van der Waals surface area contributed by atoms with Crippen molar-refractivity contribution >= 4 is 5.97 Å². The summed E-state index contributed by atoms with van der Waals surface area (Å²) in [4.78, 5) is 10.5. The molecule has 0 heterocycles. The predicted molar refractivity (Wildman–Crippen MR) is 45.2 cm³/mol. The SMILES string of the molecule is C=CCC(CC=C)OC(C)=O. The second-order valence-electron chi connectivity index (χ2n) is 2.28. The molecular formula is C9H14O2. The highest BCUT2D eigenvalue weighted by atomic mass is 16.5. The standard InChI is InChI=1S/C9H14O2/c1-4-6-9(7-5-2)11-8(3)10/h4-5,9H,1-2,6-7H2,3H3. The molecule has 0 rings (SSSR count). The van der Waals surface area contributed by atoms with E-state index in [4.69, 9.17) is 4.74 Å². The number of esters is 1. The Balaban J connectivity index is 3.76. The summed E-state index contributed by atoms with van der Waals surface area (Å²) >= 11 is 0. The molecule has 0 saturated heterocycles. The molecule has 0 unspecified atom stereocenters. The molecule has 0 aliphatic carbocycles. The van der Waals surface area contributed by atoms with Gasteiger partial charge in [0.15, 0.2) is 0 Å². The van der Waals surface area contributed by atoms with Gasteiger partial charge in [0.1, 0.15) is 6.10 Å². The fourth-order valence-electron chi connectivity index (χ4n) is 0.799. The van der Waals surface area contributed by atoms with Crippen molar-refractivity contribution in [2.75, 3.05) is 0 Å². The van der Waals surface area contributed by atoms with Gasteiger partial charge in [-0.3, -0.25) is 4.79 Å². The van der Waals surface area contributed by atoms with Gasteiger partial charge in [0.25, 0.3) is 0 Å². The van der Waals surface area contributed by atoms with Crippen LogP contribution in [0.5, 0.6) is 0 Å². The fraction of sp³-hybridized carbons (Fsp3) is 0.444. The molecule has 0 amide bonds. The van der Waals surface area contributed by atoms with Crippen molar-refractivity contribution in [1.82, 2.24) is 0 Å². The third-order valence-corrected chi connectivity index (χ3v) is 1.19. The van der Waals surface area contributed by atoms with E-state index in [-0.39, 0.29) is 12.1 Å². The lowest BCUT2D eigenvalue weighted by Gasteiger charge is -2.12. The first kappa shape index (κ1) is 9.95. The number of rotatable bonds is 5. The number of hydrogen-bond acceptors (Lipinski definition) is 2. The molecule has 2 nitrogen and oxygen atoms in total. The van der Waals surface area contributed by atoms with E-state index in [1.807, 2.05) is 0 Å². The smallest absolute Gasteiger partial charge is 0.302 e. The van der Waals surface area contributed by atoms with E-state index in [2.05, 4.69) is 13.2 Å². The van der Waals surface area contributed by atoms with Gasteiger partial charge in [0.2, 0.25) is 0 Å². The van der Waals surface area contributed by atoms with Crippen LogP contribution in [-0.4, -0.2) is 12.1 Å². The minimum Gasteiger partial charge on any atom is -0.462 e. The zero-order valence-corrected chi connectivity index (χ0v) is 6.88. The van der Waals surface area contributed by atoms with E-state index in [1.54, 1.807) is 12.2 Å². The molecule has 2 heteroatoms. The van der Waals surface area contributed by atoms with Gasteiger partial charge in [0.05, 0.1) is 0 Å². The third kappa shape index (κ3) is 5.40. The van der Waals surface area contributed by atoms with Crippen molar-refractivity contribution in [2.24, 2.45) is 0 Å². The molecule has 0 atom stereocenters. The molecule has 0 N–H and O–H groups in total. The van der Waals surface area contributed by atoms with Crippen molar-refractivity contribution in [3.63, 3.8) is 0 Å². The normalized spacial score (nSPS) is 9.27. The first-order valence-corrected chi connectivity index (χ1v) is 3.59. The van der Waals surface area contributed by atoms with Crippen LogP contribution in [0.1, 0.15) is 19.8 Å². The molecular weight excluding hydrogens is 140 g/mol. The van der Waals surface area contributed by atoms with Gasteiger partial charge in [-0.15, -0.1) is 13.2 Å². The topological polar surface area (TPSA) is 26.3 Å². The molecule has 0 spiro atoms. The third-order valence-electron chi connectivity index (χ3n) is 1.19. The van der Waals surface area contributed by atoms with E-state index in [0.717, 1.165) is 0 Å². The highest BCUT2D eigenvalue weighted by Gasteiger charge is 2.06. The molecule has 0 bridgehead atoms. The monoisotopic (exact) mass is 154 g/mol. The lowest BCUT2D eigenvalue weighted by atomic mass is 10.2. The lowest BCUT2D eigenvalue weighted by Crippen LogP contribution is -2.14. The minimum atomic E-state index is -0.251. The molecule has 0 aliphatic heterocycles. The Morgan fingerprint density at radius 2 is 1.91 bits per heavy atom. The largest absolute Gasteiger partial charge is 0.462 e. The summed E-state index contributed by atoms with van der Waals surface area (Å²) in [6.45, 7) is 8.53. The summed E-state index contributed by atoms with van der Waals surface area (Å²) in [5.41, 5.74) is 0. The molecule has 0 fully saturated rings. The van der Waals surface area contributed by atoms with Gasteiger partial charge in [0, 0.05) is 19.8 Å². The van der Waals surface area contributed by atoms with Crippen molar-refractivity contribution in [1.29, 1.82) is 0 Å². The molecule has 0 saturated carbocycles. The highest BCUT2D eigenvalue weighted by molar-refractivity contribution is 5.66. The number of carbonyl (C=O) groups is 1. The molecule has 0 radical (unpaired) electrons. The van der Waals surface area contributed by atoms with Gasteiger partial charge in [-0.25, -0.2) is 0 Å². The maximum atomic E-state index is 10.5. The van der Waals surface area contributed by atoms with Crippen LogP contribution in [0.25, 0.3) is 0 Å². The summed E-state index contributed by atoms with van der Waals surface area (Å²) in [5, 5.41) is 0. The minimum absolute atomic E-state index is 0.0810. The van der Waals surface area contributed by atoms with Crippen LogP contribution in [-0.2, 0) is 9.53 Å². The predicted octanol–water partition coefficient (Wildman–Crippen LogP) is 2.07. The Morgan fingerprint density at radius 3 is 2.18 bits per heavy atom. The van der Waals surface area contributed by atoms with Crippen molar-refractivity contribution in [2.45, 2.75) is 25.9 Å². The van der Waals surface area contributed by atoms with Crippen molar-refractivity contribution in [3.8, 4) is 0 Å². The van der Waals surface area contributed by atoms with Crippen LogP contribution in [0, 0.1) is 0 Å². The van der Waals surface area contributed by atoms with E-state index >= 15 is 0 Å². The maximum Gasteiger partial charge on any atom is 0.302 e. The Labute approximate surface area is 67.6 Å². The Morgan fingerprint density at radius 1 is 1.45 bits per heavy atom. The van der Waals surface area contributed by atoms with E-state index in [9.17, 15) is 4.79 Å². The summed E-state index contributed by atoms with van der Waals surface area (Å²) in [5.74, 6) is -0.251. The Hall–Kier alpha value is -1.05. The van der Waals surface area contributed by atoms with Crippen LogP contribution in [0.15, 0.2) is 25.3 Å². The van der Waals surface area contributed by atoms with Crippen LogP contribution in [0.2, 0.25) is 0 Å². The molecule has 0 aromatic rings. The van der Waals surface area contributed by atoms with E-state index in [1.165, 1.54) is 6.92 Å². The summed E-state index contributed by atoms with van der Waals surface area (Å²) in [6.07, 6.45) is 4.76.